The highest BCUT2D eigenvalue weighted by atomic mass is 35.5. The molecule has 2 fully saturated rings. The fourth-order valence-electron chi connectivity index (χ4n) is 4.05. The van der Waals surface area contributed by atoms with Gasteiger partial charge in [0.1, 0.15) is 18.8 Å². The number of hydrogen-bond acceptors (Lipinski definition) is 4. The minimum absolute atomic E-state index is 0.0972. The fraction of sp³-hybridized carbons (Fsp3) is 0.391. The average molecular weight is 448 g/mol. The first-order chi connectivity index (χ1) is 14.5. The first-order valence-electron chi connectivity index (χ1n) is 10.1. The van der Waals surface area contributed by atoms with E-state index in [4.69, 9.17) is 32.7 Å². The summed E-state index contributed by atoms with van der Waals surface area (Å²) in [5, 5.41) is 1.22. The zero-order valence-corrected chi connectivity index (χ0v) is 18.1. The van der Waals surface area contributed by atoms with E-state index in [2.05, 4.69) is 0 Å². The van der Waals surface area contributed by atoms with Crippen molar-refractivity contribution in [2.75, 3.05) is 13.2 Å². The van der Waals surface area contributed by atoms with Crippen LogP contribution in [0.25, 0.3) is 0 Å². The second kappa shape index (κ2) is 8.96. The van der Waals surface area contributed by atoms with Gasteiger partial charge >= 0.3 is 5.97 Å². The van der Waals surface area contributed by atoms with Crippen molar-refractivity contribution >= 4 is 35.1 Å². The zero-order valence-electron chi connectivity index (χ0n) is 16.6. The van der Waals surface area contributed by atoms with Crippen molar-refractivity contribution in [2.45, 2.75) is 38.0 Å². The van der Waals surface area contributed by atoms with Crippen molar-refractivity contribution in [1.29, 1.82) is 0 Å². The van der Waals surface area contributed by atoms with Gasteiger partial charge in [-0.25, -0.2) is 4.79 Å². The van der Waals surface area contributed by atoms with Crippen molar-refractivity contribution in [3.05, 3.63) is 69.7 Å². The number of ether oxygens (including phenoxy) is 2. The Labute approximate surface area is 185 Å². The van der Waals surface area contributed by atoms with Crippen LogP contribution in [0.3, 0.4) is 0 Å². The van der Waals surface area contributed by atoms with Gasteiger partial charge in [0.2, 0.25) is 5.91 Å². The topological polar surface area (TPSA) is 55.8 Å². The number of hydrogen-bond donors (Lipinski definition) is 0. The van der Waals surface area contributed by atoms with Gasteiger partial charge in [0.25, 0.3) is 0 Å². The van der Waals surface area contributed by atoms with Crippen LogP contribution in [0.2, 0.25) is 10.0 Å². The molecule has 0 N–H and O–H groups in total. The lowest BCUT2D eigenvalue weighted by atomic mass is 9.90. The van der Waals surface area contributed by atoms with E-state index < -0.39 is 18.2 Å². The van der Waals surface area contributed by atoms with E-state index in [1.165, 1.54) is 0 Å². The van der Waals surface area contributed by atoms with E-state index in [1.54, 1.807) is 36.1 Å². The highest BCUT2D eigenvalue weighted by molar-refractivity contribution is 6.30. The Kier molecular flexibility index (Phi) is 6.32. The molecule has 2 aromatic rings. The minimum Gasteiger partial charge on any atom is -0.464 e. The Morgan fingerprint density at radius 2 is 1.63 bits per heavy atom. The summed E-state index contributed by atoms with van der Waals surface area (Å²) in [5.74, 6) is -0.471. The molecule has 0 bridgehead atoms. The van der Waals surface area contributed by atoms with Gasteiger partial charge in [-0.2, -0.15) is 0 Å². The largest absolute Gasteiger partial charge is 0.464 e. The van der Waals surface area contributed by atoms with Crippen LogP contribution in [0.4, 0.5) is 0 Å². The molecule has 158 valence electrons. The number of nitrogens with zero attached hydrogens (tertiary/aromatic N) is 1. The number of rotatable bonds is 6. The summed E-state index contributed by atoms with van der Waals surface area (Å²) in [6.07, 6.45) is 1.34. The number of benzene rings is 2. The van der Waals surface area contributed by atoms with Gasteiger partial charge in [-0.05, 0) is 61.1 Å². The van der Waals surface area contributed by atoms with Crippen LogP contribution in [0.5, 0.6) is 0 Å². The second-order valence-electron chi connectivity index (χ2n) is 7.61. The second-order valence-corrected chi connectivity index (χ2v) is 8.49. The van der Waals surface area contributed by atoms with Gasteiger partial charge < -0.3 is 14.4 Å². The maximum absolute atomic E-state index is 13.1. The lowest BCUT2D eigenvalue weighted by molar-refractivity contribution is -0.174. The molecule has 1 saturated carbocycles. The van der Waals surface area contributed by atoms with Gasteiger partial charge in [0, 0.05) is 10.0 Å². The van der Waals surface area contributed by atoms with Crippen molar-refractivity contribution in [3.8, 4) is 0 Å². The summed E-state index contributed by atoms with van der Waals surface area (Å²) in [6.45, 7) is 1.95. The monoisotopic (exact) mass is 447 g/mol. The standard InChI is InChI=1S/C23H23Cl2NO4/c1-2-29-23(28)21(15-3-4-15)26-19(27)13-30-22(16-7-11-18(25)12-8-16)20(26)14-5-9-17(24)10-6-14/h5-12,15,20-22H,2-4,13H2,1H3/t20-,21+,22+/m1/s1. The minimum atomic E-state index is -0.628. The third-order valence-electron chi connectivity index (χ3n) is 5.57. The Morgan fingerprint density at radius 3 is 2.17 bits per heavy atom. The Morgan fingerprint density at radius 1 is 1.07 bits per heavy atom. The number of amides is 1. The summed E-state index contributed by atoms with van der Waals surface area (Å²) in [4.78, 5) is 27.7. The lowest BCUT2D eigenvalue weighted by Crippen LogP contribution is -2.54. The zero-order chi connectivity index (χ0) is 21.3. The fourth-order valence-corrected chi connectivity index (χ4v) is 4.31. The SMILES string of the molecule is CCOC(=O)[C@H](C1CC1)N1C(=O)CO[C@@H](c2ccc(Cl)cc2)[C@H]1c1ccc(Cl)cc1. The third kappa shape index (κ3) is 4.34. The number of morpholine rings is 1. The summed E-state index contributed by atoms with van der Waals surface area (Å²) >= 11 is 12.2. The van der Waals surface area contributed by atoms with E-state index in [1.807, 2.05) is 24.3 Å². The van der Waals surface area contributed by atoms with Crippen molar-refractivity contribution < 1.29 is 19.1 Å². The molecule has 1 aliphatic heterocycles. The van der Waals surface area contributed by atoms with E-state index >= 15 is 0 Å². The van der Waals surface area contributed by atoms with Gasteiger partial charge in [-0.3, -0.25) is 4.79 Å². The van der Waals surface area contributed by atoms with Gasteiger partial charge in [-0.1, -0.05) is 47.5 Å². The molecule has 5 nitrogen and oxygen atoms in total. The molecule has 1 saturated heterocycles. The molecule has 3 atom stereocenters. The number of carbonyl (C=O) groups excluding carboxylic acids is 2. The van der Waals surface area contributed by atoms with Crippen LogP contribution in [-0.2, 0) is 19.1 Å². The van der Waals surface area contributed by atoms with Crippen LogP contribution in [0.15, 0.2) is 48.5 Å². The molecular formula is C23H23Cl2NO4. The van der Waals surface area contributed by atoms with Gasteiger partial charge in [0.15, 0.2) is 0 Å². The maximum atomic E-state index is 13.1. The summed E-state index contributed by atoms with van der Waals surface area (Å²) in [7, 11) is 0. The quantitative estimate of drug-likeness (QED) is 0.586. The summed E-state index contributed by atoms with van der Waals surface area (Å²) in [5.41, 5.74) is 1.73. The number of halogens is 2. The maximum Gasteiger partial charge on any atom is 0.329 e. The molecule has 0 unspecified atom stereocenters. The molecule has 1 aliphatic carbocycles. The molecule has 0 aromatic heterocycles. The molecule has 0 spiro atoms. The molecule has 4 rings (SSSR count). The Balaban J connectivity index is 1.80. The molecule has 1 heterocycles. The van der Waals surface area contributed by atoms with Crippen LogP contribution < -0.4 is 0 Å². The molecule has 0 radical (unpaired) electrons. The van der Waals surface area contributed by atoms with Crippen molar-refractivity contribution in [2.24, 2.45) is 5.92 Å². The molecule has 2 aromatic carbocycles. The number of esters is 1. The molecule has 1 amide bonds. The van der Waals surface area contributed by atoms with E-state index in [-0.39, 0.29) is 31.0 Å². The van der Waals surface area contributed by atoms with E-state index in [0.717, 1.165) is 24.0 Å². The number of carbonyl (C=O) groups is 2. The lowest BCUT2D eigenvalue weighted by Gasteiger charge is -2.44. The molecule has 30 heavy (non-hydrogen) atoms. The van der Waals surface area contributed by atoms with Crippen LogP contribution >= 0.6 is 23.2 Å². The van der Waals surface area contributed by atoms with Crippen molar-refractivity contribution in [1.82, 2.24) is 4.90 Å². The van der Waals surface area contributed by atoms with Gasteiger partial charge in [0.05, 0.1) is 12.6 Å². The average Bonchev–Trinajstić information content (AvgIpc) is 3.56. The molecular weight excluding hydrogens is 425 g/mol. The van der Waals surface area contributed by atoms with Crippen LogP contribution in [0, 0.1) is 5.92 Å². The normalized spacial score (nSPS) is 22.6. The van der Waals surface area contributed by atoms with E-state index in [0.29, 0.717) is 10.0 Å². The van der Waals surface area contributed by atoms with Crippen molar-refractivity contribution in [3.63, 3.8) is 0 Å². The van der Waals surface area contributed by atoms with Gasteiger partial charge in [-0.15, -0.1) is 0 Å². The van der Waals surface area contributed by atoms with E-state index in [9.17, 15) is 9.59 Å². The highest BCUT2D eigenvalue weighted by Crippen LogP contribution is 2.46. The summed E-state index contributed by atoms with van der Waals surface area (Å²) in [6, 6.07) is 13.6. The Hall–Kier alpha value is -2.08. The Bertz CT molecular complexity index is 912. The van der Waals surface area contributed by atoms with Crippen LogP contribution in [0.1, 0.15) is 43.0 Å². The van der Waals surface area contributed by atoms with Crippen LogP contribution in [-0.4, -0.2) is 36.0 Å². The highest BCUT2D eigenvalue weighted by Gasteiger charge is 2.50. The third-order valence-corrected chi connectivity index (χ3v) is 6.07. The first-order valence-corrected chi connectivity index (χ1v) is 10.9. The predicted octanol–water partition coefficient (Wildman–Crippen LogP) is 4.98. The predicted molar refractivity (Wildman–Crippen MR) is 114 cm³/mol. The molecule has 2 aliphatic rings. The first kappa shape index (κ1) is 21.2. The summed E-state index contributed by atoms with van der Waals surface area (Å²) < 4.78 is 11.4. The smallest absolute Gasteiger partial charge is 0.329 e. The molecule has 7 heteroatoms.